The minimum Gasteiger partial charge on any atom is -0.545 e. The van der Waals surface area contributed by atoms with Gasteiger partial charge in [0.1, 0.15) is 17.2 Å². The Morgan fingerprint density at radius 3 is 2.53 bits per heavy atom. The third kappa shape index (κ3) is 5.55. The van der Waals surface area contributed by atoms with Gasteiger partial charge in [0.2, 0.25) is 0 Å². The molecule has 0 aliphatic rings. The van der Waals surface area contributed by atoms with Crippen LogP contribution in [0.3, 0.4) is 0 Å². The largest absolute Gasteiger partial charge is 1.00 e. The van der Waals surface area contributed by atoms with E-state index in [9.17, 15) is 28.6 Å². The smallest absolute Gasteiger partial charge is 0.545 e. The van der Waals surface area contributed by atoms with E-state index in [4.69, 9.17) is 4.52 Å². The minimum absolute atomic E-state index is 0. The van der Waals surface area contributed by atoms with Crippen molar-refractivity contribution in [3.8, 4) is 17.0 Å². The number of hydrogen-bond donors (Lipinski definition) is 2. The Morgan fingerprint density at radius 2 is 1.93 bits per heavy atom. The summed E-state index contributed by atoms with van der Waals surface area (Å²) in [6, 6.07) is 7.13. The van der Waals surface area contributed by atoms with E-state index < -0.39 is 29.8 Å². The molecule has 1 amide bonds. The monoisotopic (exact) mass is 443 g/mol. The maximum atomic E-state index is 14.4. The summed E-state index contributed by atoms with van der Waals surface area (Å²) >= 11 is 0. The summed E-state index contributed by atoms with van der Waals surface area (Å²) in [5.41, 5.74) is 0.115. The van der Waals surface area contributed by atoms with E-state index in [1.54, 1.807) is 6.92 Å². The topological polar surface area (TPSA) is 120 Å². The zero-order valence-corrected chi connectivity index (χ0v) is 19.3. The molecule has 2 heterocycles. The number of aromatic nitrogens is 2. The number of benzene rings is 1. The van der Waals surface area contributed by atoms with Crippen LogP contribution in [0.25, 0.3) is 11.3 Å². The van der Waals surface area contributed by atoms with Crippen molar-refractivity contribution in [1.82, 2.24) is 9.72 Å². The zero-order valence-electron chi connectivity index (χ0n) is 16.2. The van der Waals surface area contributed by atoms with Crippen molar-refractivity contribution in [2.45, 2.75) is 25.8 Å². The molecule has 30 heavy (non-hydrogen) atoms. The van der Waals surface area contributed by atoms with E-state index in [0.717, 1.165) is 0 Å². The molecular formula is C19H16F2KN3O5. The van der Waals surface area contributed by atoms with Crippen LogP contribution in [0.15, 0.2) is 47.2 Å². The molecule has 1 aromatic carbocycles. The van der Waals surface area contributed by atoms with Gasteiger partial charge in [-0.25, -0.2) is 0 Å². The van der Waals surface area contributed by atoms with Crippen LogP contribution < -0.4 is 61.8 Å². The Hall–Kier alpha value is -2.05. The Labute approximate surface area is 212 Å². The number of aryl methyl sites for hydroxylation is 1. The van der Waals surface area contributed by atoms with E-state index in [2.05, 4.69) is 5.16 Å². The van der Waals surface area contributed by atoms with Gasteiger partial charge in [-0.05, 0) is 31.2 Å². The van der Waals surface area contributed by atoms with Crippen LogP contribution in [0.2, 0.25) is 0 Å². The van der Waals surface area contributed by atoms with Crippen molar-refractivity contribution < 1.29 is 84.5 Å². The molecule has 2 N–H and O–H groups in total. The number of nitrogens with zero attached hydrogens (tertiary/aromatic N) is 2. The second-order valence-electron chi connectivity index (χ2n) is 6.26. The van der Waals surface area contributed by atoms with Gasteiger partial charge in [-0.3, -0.25) is 4.79 Å². The number of rotatable bonds is 7. The Kier molecular flexibility index (Phi) is 7.94. The van der Waals surface area contributed by atoms with Crippen LogP contribution >= 0.6 is 0 Å². The molecular weight excluding hydrogens is 427 g/mol. The number of carbonyl (C=O) groups excluding carboxylic acids is 2. The summed E-state index contributed by atoms with van der Waals surface area (Å²) in [6.07, 6.45) is 1.35. The Bertz CT molecular complexity index is 1050. The standard InChI is InChI=1S/C19H17F2N3O5.K/c1-2-24-9-14(17(26)27)16(10-24)22-18(28)19(20,21)8-13-7-15(23-29-13)11-3-5-12(25)6-4-11;/h3-7,9-10,25H,2,8H2,1H3,(H,22,28)(H,26,27);/q;+1/p-1. The number of nitrogens with one attached hydrogen (secondary N) is 1. The molecule has 0 radical (unpaired) electrons. The first kappa shape index (κ1) is 24.2. The SMILES string of the molecule is CCn1cc(NC(=O)C(F)(F)Cc2cc(-c3ccc(O)cc3)no2)c(C(=O)[O-])c1.[K+]. The molecule has 3 rings (SSSR count). The van der Waals surface area contributed by atoms with Crippen molar-refractivity contribution in [3.63, 3.8) is 0 Å². The number of anilines is 1. The molecule has 152 valence electrons. The number of carboxylic acids is 1. The fraction of sp³-hybridized carbons (Fsp3) is 0.211. The van der Waals surface area contributed by atoms with Crippen molar-refractivity contribution in [2.24, 2.45) is 0 Å². The summed E-state index contributed by atoms with van der Waals surface area (Å²) in [4.78, 5) is 23.2. The minimum atomic E-state index is -3.89. The number of hydrogen-bond acceptors (Lipinski definition) is 6. The van der Waals surface area contributed by atoms with Crippen LogP contribution in [-0.2, 0) is 17.8 Å². The van der Waals surface area contributed by atoms with Gasteiger partial charge in [0, 0.05) is 36.1 Å². The second kappa shape index (κ2) is 9.84. The number of halogens is 2. The third-order valence-corrected chi connectivity index (χ3v) is 4.16. The number of amides is 1. The molecule has 2 aromatic heterocycles. The van der Waals surface area contributed by atoms with Crippen LogP contribution in [0.1, 0.15) is 23.0 Å². The Morgan fingerprint density at radius 1 is 1.27 bits per heavy atom. The van der Waals surface area contributed by atoms with Gasteiger partial charge in [0.15, 0.2) is 0 Å². The van der Waals surface area contributed by atoms with Gasteiger partial charge >= 0.3 is 57.3 Å². The zero-order chi connectivity index (χ0) is 21.2. The van der Waals surface area contributed by atoms with Crippen LogP contribution in [0, 0.1) is 0 Å². The third-order valence-electron chi connectivity index (χ3n) is 4.16. The van der Waals surface area contributed by atoms with Crippen molar-refractivity contribution >= 4 is 17.6 Å². The van der Waals surface area contributed by atoms with Gasteiger partial charge in [0.05, 0.1) is 18.1 Å². The van der Waals surface area contributed by atoms with E-state index >= 15 is 0 Å². The maximum absolute atomic E-state index is 14.4. The van der Waals surface area contributed by atoms with E-state index in [1.165, 1.54) is 47.3 Å². The fourth-order valence-electron chi connectivity index (χ4n) is 2.63. The number of aromatic carboxylic acids is 1. The first-order valence-corrected chi connectivity index (χ1v) is 8.55. The summed E-state index contributed by atoms with van der Waals surface area (Å²) in [6.45, 7) is 2.10. The molecule has 8 nitrogen and oxygen atoms in total. The van der Waals surface area contributed by atoms with Gasteiger partial charge in [-0.15, -0.1) is 0 Å². The molecule has 11 heteroatoms. The maximum Gasteiger partial charge on any atom is 1.00 e. The summed E-state index contributed by atoms with van der Waals surface area (Å²) < 4.78 is 35.0. The Balaban J connectivity index is 0.00000320. The summed E-state index contributed by atoms with van der Waals surface area (Å²) in [5, 5.41) is 26.0. The molecule has 0 unspecified atom stereocenters. The molecule has 0 spiro atoms. The molecule has 0 saturated carbocycles. The van der Waals surface area contributed by atoms with Crippen molar-refractivity contribution in [2.75, 3.05) is 5.32 Å². The number of alkyl halides is 2. The predicted octanol–water partition coefficient (Wildman–Crippen LogP) is -0.947. The molecule has 3 aromatic rings. The van der Waals surface area contributed by atoms with Gasteiger partial charge in [-0.1, -0.05) is 5.16 Å². The average Bonchev–Trinajstić information content (AvgIpc) is 3.29. The number of phenols is 1. The average molecular weight is 443 g/mol. The van der Waals surface area contributed by atoms with Gasteiger partial charge < -0.3 is 29.4 Å². The normalized spacial score (nSPS) is 11.0. The first-order chi connectivity index (χ1) is 13.7. The quantitative estimate of drug-likeness (QED) is 0.455. The van der Waals surface area contributed by atoms with Crippen LogP contribution in [0.4, 0.5) is 14.5 Å². The molecule has 0 aliphatic carbocycles. The van der Waals surface area contributed by atoms with Crippen LogP contribution in [0.5, 0.6) is 5.75 Å². The summed E-state index contributed by atoms with van der Waals surface area (Å²) in [5.74, 6) is -7.36. The van der Waals surface area contributed by atoms with Gasteiger partial charge in [0.25, 0.3) is 5.91 Å². The number of phenolic OH excluding ortho intramolecular Hbond substituents is 1. The molecule has 0 bridgehead atoms. The first-order valence-electron chi connectivity index (χ1n) is 8.55. The predicted molar refractivity (Wildman–Crippen MR) is 95.3 cm³/mol. The van der Waals surface area contributed by atoms with E-state index in [0.29, 0.717) is 12.1 Å². The number of aromatic hydroxyl groups is 1. The van der Waals surface area contributed by atoms with Gasteiger partial charge in [-0.2, -0.15) is 8.78 Å². The van der Waals surface area contributed by atoms with Crippen molar-refractivity contribution in [3.05, 3.63) is 54.0 Å². The summed E-state index contributed by atoms with van der Waals surface area (Å²) in [7, 11) is 0. The van der Waals surface area contributed by atoms with Crippen LogP contribution in [-0.4, -0.2) is 32.6 Å². The molecule has 0 saturated heterocycles. The molecule has 0 atom stereocenters. The molecule has 0 aliphatic heterocycles. The van der Waals surface area contributed by atoms with E-state index in [1.807, 2.05) is 5.32 Å². The number of carbonyl (C=O) groups is 2. The van der Waals surface area contributed by atoms with Crippen molar-refractivity contribution in [1.29, 1.82) is 0 Å². The fourth-order valence-corrected chi connectivity index (χ4v) is 2.63. The molecule has 0 fully saturated rings. The van der Waals surface area contributed by atoms with E-state index in [-0.39, 0.29) is 74.3 Å². The second-order valence-corrected chi connectivity index (χ2v) is 6.26. The number of carboxylic acid groups (broad SMARTS) is 1.